The molecule has 0 fully saturated rings. The molecule has 4 aromatic heterocycles. The van der Waals surface area contributed by atoms with E-state index in [1.54, 1.807) is 45.0 Å². The molecule has 33 heteroatoms. The number of hydrogen-bond acceptors (Lipinski definition) is 24. The van der Waals surface area contributed by atoms with Gasteiger partial charge in [-0.15, -0.1) is 10.2 Å². The summed E-state index contributed by atoms with van der Waals surface area (Å²) in [6, 6.07) is 22.4. The van der Waals surface area contributed by atoms with Gasteiger partial charge in [0.25, 0.3) is 0 Å². The fourth-order valence-corrected chi connectivity index (χ4v) is 12.2. The Balaban J connectivity index is 0.00000151. The Labute approximate surface area is 613 Å². The monoisotopic (exact) mass is 1300 g/mol. The minimum atomic E-state index is -5.04. The molecule has 0 aliphatic rings. The number of azo groups is 1. The smallest absolute Gasteiger partial charge is 0.748 e. The maximum absolute atomic E-state index is 12.9. The van der Waals surface area contributed by atoms with E-state index < -0.39 is 55.7 Å². The summed E-state index contributed by atoms with van der Waals surface area (Å²) < 4.78 is 134. The van der Waals surface area contributed by atoms with Gasteiger partial charge in [-0.1, -0.05) is 79.8 Å². The van der Waals surface area contributed by atoms with Crippen LogP contribution in [0.3, 0.4) is 0 Å². The Bertz CT molecular complexity index is 4240. The van der Waals surface area contributed by atoms with Crippen molar-refractivity contribution in [3.8, 4) is 17.3 Å². The van der Waals surface area contributed by atoms with E-state index in [4.69, 9.17) is 51.1 Å². The molecule has 1 N–H and O–H groups in total. The third-order valence-electron chi connectivity index (χ3n) is 11.3. The molecule has 4 heterocycles. The normalized spacial score (nSPS) is 11.6. The largest absolute Gasteiger partial charge is 1.00 e. The Morgan fingerprint density at radius 1 is 0.634 bits per heavy atom. The molecule has 0 atom stereocenters. The molecule has 82 heavy (non-hydrogen) atoms. The van der Waals surface area contributed by atoms with Crippen LogP contribution in [0, 0.1) is 71.1 Å². The second-order valence-electron chi connectivity index (χ2n) is 18.6. The van der Waals surface area contributed by atoms with E-state index in [9.17, 15) is 36.5 Å². The maximum atomic E-state index is 12.9. The van der Waals surface area contributed by atoms with Crippen LogP contribution in [0.25, 0.3) is 25.6 Å². The number of anilines is 5. The fourth-order valence-electron chi connectivity index (χ4n) is 8.49. The number of pyridine rings is 1. The van der Waals surface area contributed by atoms with E-state index in [2.05, 4.69) is 22.6 Å². The Kier molecular flexibility index (Phi) is 27.8. The number of nitrogens with zero attached hydrogens (tertiary/aromatic N) is 10. The van der Waals surface area contributed by atoms with Crippen molar-refractivity contribution in [1.29, 1.82) is 10.5 Å². The van der Waals surface area contributed by atoms with Crippen molar-refractivity contribution in [2.75, 3.05) is 22.7 Å². The van der Waals surface area contributed by atoms with Gasteiger partial charge in [0.2, 0.25) is 5.13 Å². The van der Waals surface area contributed by atoms with Gasteiger partial charge in [-0.25, -0.2) is 48.6 Å². The van der Waals surface area contributed by atoms with Crippen LogP contribution in [0.1, 0.15) is 76.5 Å². The maximum Gasteiger partial charge on any atom is 1.00 e. The molecule has 0 bridgehead atoms. The molecular weight excluding hydrogens is 1250 g/mol. The minimum absolute atomic E-state index is 0. The van der Waals surface area contributed by atoms with E-state index in [1.165, 1.54) is 60.0 Å². The molecule has 0 saturated heterocycles. The van der Waals surface area contributed by atoms with Crippen LogP contribution in [-0.4, -0.2) is 89.1 Å². The number of benzene rings is 4. The number of nitriles is 2. The summed E-state index contributed by atoms with van der Waals surface area (Å²) >= 11 is 2.55. The molecular formula is C49H47K2N11Na2O12S6. The molecule has 0 amide bonds. The summed E-state index contributed by atoms with van der Waals surface area (Å²) in [6.07, 6.45) is 1.21. The number of rotatable bonds is 10. The van der Waals surface area contributed by atoms with Crippen molar-refractivity contribution in [1.82, 2.24) is 24.7 Å². The van der Waals surface area contributed by atoms with E-state index in [0.717, 1.165) is 9.40 Å². The molecule has 8 rings (SSSR count). The standard InChI is InChI=1S/C47H43N11O6S4.2CH4O3S.2K.2Na/c1-23-19-25(3)39(67(59,60)61)28(6)36(23)52-42-37(54-55-44-31(22-49)41(47(8,9)10)56-58(44)46-51-33-16-12-14-18-35(33)66-46)27(5)30(21-48)43(53-42)57(45-50-32-15-11-13-17-34(32)65-45)38-24(2)20-26(4)40(29(38)7)68(62,63)64;2*1-5(2,3)4;;;;/h11-20H,1-10H3,(H,52,53)(H,59,60,61)(H,62,63,64);2*1H3,(H,2,3,4);;;;/q;;;4*+1/p-4. The Morgan fingerprint density at radius 2 is 1.10 bits per heavy atom. The fraction of sp³-hybridized carbons (Fsp3) is 0.265. The molecule has 8 aromatic rings. The van der Waals surface area contributed by atoms with Crippen molar-refractivity contribution >= 4 is 123 Å². The van der Waals surface area contributed by atoms with Gasteiger partial charge in [-0.2, -0.15) is 20.3 Å². The van der Waals surface area contributed by atoms with Crippen LogP contribution in [-0.2, 0) is 45.9 Å². The molecule has 0 aliphatic carbocycles. The van der Waals surface area contributed by atoms with Gasteiger partial charge in [0.1, 0.15) is 49.2 Å². The number of fused-ring (bicyclic) bond motifs is 2. The summed E-state index contributed by atoms with van der Waals surface area (Å²) in [4.78, 5) is 15.4. The molecule has 0 radical (unpaired) electrons. The average molecular weight is 1300 g/mol. The summed E-state index contributed by atoms with van der Waals surface area (Å²) in [5.41, 5.74) is 3.32. The SMILES string of the molecule is CS(=O)(=O)[O-].CS(=O)(=O)[O-].Cc1cc(C)c(S(=O)(=O)[O-])c(C)c1Nc1nc(N(c2nc3ccccc3s2)c2c(C)cc(C)c(S(=O)(=O)[O-])c2C)c(C#N)c(C)c1N=Nc1c(C#N)c(C(C)(C)C)nn1-c1nc2ccccc2s1.[K+].[K+].[Na+].[Na+]. The van der Waals surface area contributed by atoms with Crippen molar-refractivity contribution in [3.63, 3.8) is 0 Å². The number of thiazole rings is 2. The zero-order valence-electron chi connectivity index (χ0n) is 47.6. The average Bonchev–Trinajstić information content (AvgIpc) is 4.02. The number of aromatic nitrogens is 5. The summed E-state index contributed by atoms with van der Waals surface area (Å²) in [5, 5.41) is 40.0. The van der Waals surface area contributed by atoms with Gasteiger partial charge in [-0.3, -0.25) is 4.90 Å². The Morgan fingerprint density at radius 3 is 1.56 bits per heavy atom. The van der Waals surface area contributed by atoms with Crippen LogP contribution >= 0.6 is 22.7 Å². The second-order valence-corrected chi connectivity index (χ2v) is 26.1. The zero-order chi connectivity index (χ0) is 58.4. The van der Waals surface area contributed by atoms with Crippen LogP contribution in [0.5, 0.6) is 0 Å². The second kappa shape index (κ2) is 29.9. The van der Waals surface area contributed by atoms with Crippen LogP contribution in [0.4, 0.5) is 39.6 Å². The molecule has 23 nitrogen and oxygen atoms in total. The molecule has 0 spiro atoms. The zero-order valence-corrected chi connectivity index (χ0v) is 62.7. The molecule has 4 aromatic carbocycles. The number of hydrogen-bond donors (Lipinski definition) is 1. The first-order valence-electron chi connectivity index (χ1n) is 22.6. The first kappa shape index (κ1) is 76.2. The van der Waals surface area contributed by atoms with Gasteiger partial charge >= 0.3 is 162 Å². The van der Waals surface area contributed by atoms with Gasteiger partial charge in [0, 0.05) is 29.2 Å². The first-order valence-corrected chi connectivity index (χ1v) is 30.7. The van der Waals surface area contributed by atoms with Crippen molar-refractivity contribution in [2.45, 2.75) is 84.4 Å². The predicted molar refractivity (Wildman–Crippen MR) is 291 cm³/mol. The van der Waals surface area contributed by atoms with Crippen LogP contribution in [0.15, 0.2) is 80.7 Å². The van der Waals surface area contributed by atoms with Gasteiger partial charge in [-0.05, 0) is 106 Å². The van der Waals surface area contributed by atoms with Crippen molar-refractivity contribution in [2.24, 2.45) is 10.2 Å². The number of aryl methyl sites for hydroxylation is 4. The molecule has 0 aliphatic heterocycles. The summed E-state index contributed by atoms with van der Waals surface area (Å²) in [5.74, 6) is -0.128. The van der Waals surface area contributed by atoms with Crippen molar-refractivity contribution in [3.05, 3.63) is 116 Å². The summed E-state index contributed by atoms with van der Waals surface area (Å²) in [7, 11) is -17.9. The third-order valence-corrected chi connectivity index (χ3v) is 15.6. The van der Waals surface area contributed by atoms with E-state index in [0.29, 0.717) is 45.5 Å². The van der Waals surface area contributed by atoms with E-state index in [1.807, 2.05) is 57.2 Å². The molecule has 0 unspecified atom stereocenters. The molecule has 410 valence electrons. The van der Waals surface area contributed by atoms with Crippen LogP contribution in [0.2, 0.25) is 0 Å². The third kappa shape index (κ3) is 18.3. The van der Waals surface area contributed by atoms with E-state index in [-0.39, 0.29) is 240 Å². The van der Waals surface area contributed by atoms with E-state index >= 15 is 0 Å². The summed E-state index contributed by atoms with van der Waals surface area (Å²) in [6.45, 7) is 16.8. The number of para-hydroxylation sites is 2. The quantitative estimate of drug-likeness (QED) is 0.0837. The predicted octanol–water partition coefficient (Wildman–Crippen LogP) is -2.54. The minimum Gasteiger partial charge on any atom is -0.748 e. The van der Waals surface area contributed by atoms with Gasteiger partial charge in [0.15, 0.2) is 22.6 Å². The first-order chi connectivity index (χ1) is 35.9. The van der Waals surface area contributed by atoms with Gasteiger partial charge < -0.3 is 23.5 Å². The van der Waals surface area contributed by atoms with Crippen LogP contribution < -0.4 is 172 Å². The van der Waals surface area contributed by atoms with Crippen molar-refractivity contribution < 1.29 is 214 Å². The topological polar surface area (TPSA) is 373 Å². The van der Waals surface area contributed by atoms with Gasteiger partial charge in [0.05, 0.1) is 61.8 Å². The Hall–Kier alpha value is -1.89. The molecule has 0 saturated carbocycles. The number of nitrogens with one attached hydrogen (secondary N) is 1.